The second kappa shape index (κ2) is 3.71. The quantitative estimate of drug-likeness (QED) is 0.543. The minimum Gasteiger partial charge on any atom is -0.330 e. The lowest BCUT2D eigenvalue weighted by atomic mass is 10.8. The standard InChI is InChI=1S/C3H9NS2/c1-6(5)3-2-4/h2-4H2,1H3. The first kappa shape index (κ1) is 6.53. The van der Waals surface area contributed by atoms with Crippen molar-refractivity contribution >= 4 is 20.6 Å². The van der Waals surface area contributed by atoms with Gasteiger partial charge in [-0.05, 0) is 6.26 Å². The van der Waals surface area contributed by atoms with Crippen LogP contribution >= 0.6 is 0 Å². The molecule has 0 aromatic carbocycles. The van der Waals surface area contributed by atoms with Crippen molar-refractivity contribution in [3.63, 3.8) is 0 Å². The van der Waals surface area contributed by atoms with Crippen molar-refractivity contribution in [2.24, 2.45) is 5.73 Å². The third-order valence-corrected chi connectivity index (χ3v) is 1.72. The van der Waals surface area contributed by atoms with Crippen molar-refractivity contribution < 1.29 is 0 Å². The average molecular weight is 123 g/mol. The molecule has 0 radical (unpaired) electrons. The Kier molecular flexibility index (Phi) is 4.04. The van der Waals surface area contributed by atoms with E-state index in [4.69, 9.17) is 16.9 Å². The first-order valence-corrected chi connectivity index (χ1v) is 4.50. The van der Waals surface area contributed by atoms with Gasteiger partial charge in [0.05, 0.1) is 0 Å². The molecule has 0 heterocycles. The molecule has 0 spiro atoms. The van der Waals surface area contributed by atoms with Gasteiger partial charge in [0.2, 0.25) is 0 Å². The Bertz CT molecular complexity index is 52.8. The Labute approximate surface area is 45.5 Å². The van der Waals surface area contributed by atoms with Crippen molar-refractivity contribution in [2.45, 2.75) is 0 Å². The van der Waals surface area contributed by atoms with E-state index in [-0.39, 0.29) is 9.45 Å². The Balaban J connectivity index is 2.83. The highest BCUT2D eigenvalue weighted by Crippen LogP contribution is 1.67. The maximum absolute atomic E-state index is 5.17. The normalized spacial score (nSPS) is 14.3. The zero-order valence-corrected chi connectivity index (χ0v) is 5.44. The molecule has 0 fully saturated rings. The van der Waals surface area contributed by atoms with Gasteiger partial charge in [0, 0.05) is 12.3 Å². The van der Waals surface area contributed by atoms with Gasteiger partial charge < -0.3 is 5.73 Å². The highest BCUT2D eigenvalue weighted by Gasteiger charge is 1.76. The van der Waals surface area contributed by atoms with Gasteiger partial charge in [-0.25, -0.2) is 0 Å². The van der Waals surface area contributed by atoms with Crippen LogP contribution in [0.2, 0.25) is 0 Å². The second-order valence-electron chi connectivity index (χ2n) is 1.07. The first-order chi connectivity index (χ1) is 2.77. The van der Waals surface area contributed by atoms with Gasteiger partial charge in [-0.1, -0.05) is 11.2 Å². The van der Waals surface area contributed by atoms with Crippen LogP contribution in [0.5, 0.6) is 0 Å². The molecule has 0 saturated carbocycles. The average Bonchev–Trinajstić information content (AvgIpc) is 1.35. The minimum atomic E-state index is 0.143. The SMILES string of the molecule is CS(=S)CCN. The molecule has 6 heavy (non-hydrogen) atoms. The molecule has 0 aromatic heterocycles. The molecular formula is C3H9NS2. The number of nitrogens with two attached hydrogens (primary N) is 1. The van der Waals surface area contributed by atoms with Gasteiger partial charge in [0.1, 0.15) is 0 Å². The van der Waals surface area contributed by atoms with Crippen LogP contribution in [-0.2, 0) is 20.6 Å². The summed E-state index contributed by atoms with van der Waals surface area (Å²) in [5, 5.41) is 0. The molecule has 3 heteroatoms. The molecule has 0 amide bonds. The Morgan fingerprint density at radius 2 is 2.33 bits per heavy atom. The summed E-state index contributed by atoms with van der Waals surface area (Å²) in [6, 6.07) is 0. The summed E-state index contributed by atoms with van der Waals surface area (Å²) < 4.78 is 0. The fourth-order valence-corrected chi connectivity index (χ4v) is 0.787. The molecule has 0 aliphatic carbocycles. The van der Waals surface area contributed by atoms with E-state index in [0.717, 1.165) is 12.3 Å². The molecule has 0 bridgehead atoms. The Hall–Kier alpha value is 0.530. The second-order valence-corrected chi connectivity index (χ2v) is 4.33. The van der Waals surface area contributed by atoms with E-state index >= 15 is 0 Å². The van der Waals surface area contributed by atoms with Crippen molar-refractivity contribution in [3.05, 3.63) is 0 Å². The molecular weight excluding hydrogens is 114 g/mol. The van der Waals surface area contributed by atoms with Gasteiger partial charge in [-0.15, -0.1) is 9.45 Å². The topological polar surface area (TPSA) is 26.0 Å². The minimum absolute atomic E-state index is 0.143. The van der Waals surface area contributed by atoms with Crippen LogP contribution in [0, 0.1) is 0 Å². The van der Waals surface area contributed by atoms with Crippen LogP contribution in [0.1, 0.15) is 0 Å². The monoisotopic (exact) mass is 123 g/mol. The summed E-state index contributed by atoms with van der Waals surface area (Å²) in [7, 11) is 0.143. The van der Waals surface area contributed by atoms with Crippen molar-refractivity contribution in [3.8, 4) is 0 Å². The van der Waals surface area contributed by atoms with E-state index in [2.05, 4.69) is 0 Å². The van der Waals surface area contributed by atoms with Crippen molar-refractivity contribution in [1.82, 2.24) is 0 Å². The molecule has 0 aromatic rings. The zero-order chi connectivity index (χ0) is 4.99. The number of rotatable bonds is 2. The molecule has 0 saturated heterocycles. The van der Waals surface area contributed by atoms with E-state index in [1.807, 2.05) is 6.26 Å². The van der Waals surface area contributed by atoms with E-state index in [9.17, 15) is 0 Å². The van der Waals surface area contributed by atoms with Crippen LogP contribution in [0.25, 0.3) is 0 Å². The third kappa shape index (κ3) is 4.53. The molecule has 1 unspecified atom stereocenters. The van der Waals surface area contributed by atoms with Gasteiger partial charge in [0.15, 0.2) is 0 Å². The van der Waals surface area contributed by atoms with Crippen LogP contribution in [-0.4, -0.2) is 18.6 Å². The zero-order valence-electron chi connectivity index (χ0n) is 3.81. The lowest BCUT2D eigenvalue weighted by Gasteiger charge is -1.87. The summed E-state index contributed by atoms with van der Waals surface area (Å²) in [4.78, 5) is 0. The number of hydrogen-bond acceptors (Lipinski definition) is 2. The largest absolute Gasteiger partial charge is 0.330 e. The van der Waals surface area contributed by atoms with E-state index in [0.29, 0.717) is 0 Å². The Morgan fingerprint density at radius 3 is 2.33 bits per heavy atom. The molecule has 2 N–H and O–H groups in total. The summed E-state index contributed by atoms with van der Waals surface area (Å²) in [6.07, 6.45) is 2.02. The van der Waals surface area contributed by atoms with E-state index in [1.54, 1.807) is 0 Å². The lowest BCUT2D eigenvalue weighted by Crippen LogP contribution is -2.07. The smallest absolute Gasteiger partial charge is 0.00997 e. The first-order valence-electron chi connectivity index (χ1n) is 1.77. The van der Waals surface area contributed by atoms with Crippen LogP contribution < -0.4 is 5.73 Å². The molecule has 0 aliphatic rings. The van der Waals surface area contributed by atoms with Crippen molar-refractivity contribution in [1.29, 1.82) is 0 Å². The lowest BCUT2D eigenvalue weighted by molar-refractivity contribution is 1.15. The van der Waals surface area contributed by atoms with Crippen molar-refractivity contribution in [2.75, 3.05) is 18.6 Å². The molecule has 1 nitrogen and oxygen atoms in total. The van der Waals surface area contributed by atoms with Gasteiger partial charge in [-0.2, -0.15) is 0 Å². The number of hydrogen-bond donors (Lipinski definition) is 1. The summed E-state index contributed by atoms with van der Waals surface area (Å²) >= 11 is 4.83. The molecule has 0 aliphatic heterocycles. The van der Waals surface area contributed by atoms with E-state index < -0.39 is 0 Å². The third-order valence-electron chi connectivity index (χ3n) is 0.405. The molecule has 0 rings (SSSR count). The van der Waals surface area contributed by atoms with Crippen LogP contribution in [0.4, 0.5) is 0 Å². The molecule has 38 valence electrons. The highest BCUT2D eigenvalue weighted by molar-refractivity contribution is 8.28. The summed E-state index contributed by atoms with van der Waals surface area (Å²) in [5.41, 5.74) is 5.17. The maximum Gasteiger partial charge on any atom is 0.00997 e. The van der Waals surface area contributed by atoms with Gasteiger partial charge >= 0.3 is 0 Å². The summed E-state index contributed by atoms with van der Waals surface area (Å²) in [5.74, 6) is 0.995. The Morgan fingerprint density at radius 1 is 1.83 bits per heavy atom. The maximum atomic E-state index is 5.17. The molecule has 1 atom stereocenters. The highest BCUT2D eigenvalue weighted by atomic mass is 32.8. The predicted molar refractivity (Wildman–Crippen MR) is 34.6 cm³/mol. The van der Waals surface area contributed by atoms with E-state index in [1.165, 1.54) is 0 Å². The van der Waals surface area contributed by atoms with Gasteiger partial charge in [-0.3, -0.25) is 0 Å². The fraction of sp³-hybridized carbons (Fsp3) is 1.00. The predicted octanol–water partition coefficient (Wildman–Crippen LogP) is -0.345. The fourth-order valence-electron chi connectivity index (χ4n) is 0.166. The summed E-state index contributed by atoms with van der Waals surface area (Å²) in [6.45, 7) is 0.739. The van der Waals surface area contributed by atoms with Crippen LogP contribution in [0.3, 0.4) is 0 Å². The van der Waals surface area contributed by atoms with Crippen LogP contribution in [0.15, 0.2) is 0 Å². The van der Waals surface area contributed by atoms with Gasteiger partial charge in [0.25, 0.3) is 0 Å².